The monoisotopic (exact) mass is 483 g/mol. The second-order valence-corrected chi connectivity index (χ2v) is 9.84. The molecule has 8 nitrogen and oxygen atoms in total. The lowest BCUT2D eigenvalue weighted by Crippen LogP contribution is -3.28. The molecule has 3 aliphatic rings. The van der Waals surface area contributed by atoms with Gasteiger partial charge in [0, 0.05) is 24.6 Å². The lowest BCUT2D eigenvalue weighted by atomic mass is 9.94. The maximum atomic E-state index is 12.7. The van der Waals surface area contributed by atoms with Gasteiger partial charge in [-0.05, 0) is 49.2 Å². The second-order valence-electron chi connectivity index (χ2n) is 9.84. The number of fused-ring (bicyclic) bond motifs is 1. The molecule has 35 heavy (non-hydrogen) atoms. The van der Waals surface area contributed by atoms with Crippen molar-refractivity contribution in [3.63, 3.8) is 0 Å². The number of nitrogens with one attached hydrogen (secondary N) is 3. The fraction of sp³-hybridized carbons (Fsp3) is 0.519. The Hall–Kier alpha value is -2.97. The van der Waals surface area contributed by atoms with E-state index in [1.165, 1.54) is 16.2 Å². The number of hydrogen-bond acceptors (Lipinski definition) is 5. The molecule has 5 rings (SSSR count). The molecule has 2 heterocycles. The van der Waals surface area contributed by atoms with Crippen molar-refractivity contribution in [3.05, 3.63) is 42.5 Å². The van der Waals surface area contributed by atoms with Crippen molar-refractivity contribution in [2.24, 2.45) is 0 Å². The van der Waals surface area contributed by atoms with Crippen molar-refractivity contribution < 1.29 is 33.5 Å². The maximum absolute atomic E-state index is 12.7. The summed E-state index contributed by atoms with van der Waals surface area (Å²) in [4.78, 5) is 15.5. The zero-order chi connectivity index (χ0) is 24.1. The molecule has 1 amide bonds. The lowest BCUT2D eigenvalue weighted by Gasteiger charge is -2.31. The van der Waals surface area contributed by atoms with E-state index in [-0.39, 0.29) is 5.91 Å². The van der Waals surface area contributed by atoms with Crippen LogP contribution in [0.25, 0.3) is 0 Å². The minimum absolute atomic E-state index is 0.0394. The number of methoxy groups -OCH3 is 1. The van der Waals surface area contributed by atoms with Gasteiger partial charge in [-0.15, -0.1) is 0 Å². The standard InChI is InChI=1S/C27H35N3O5/c1-32-22-6-8-23(9-7-22)33-18-17-29-13-15-30(16-14-29)20-26(31)28-21-5-10-24-25(19-21)35-27(34-24)11-3-2-4-12-27/h5-10,19H,2-4,11-18,20H2,1H3,(H,28,31)/p+2. The first-order chi connectivity index (χ1) is 17.1. The molecule has 1 saturated carbocycles. The minimum atomic E-state index is -0.491. The Morgan fingerprint density at radius 2 is 1.60 bits per heavy atom. The van der Waals surface area contributed by atoms with Crippen LogP contribution in [0.4, 0.5) is 5.69 Å². The molecule has 188 valence electrons. The second kappa shape index (κ2) is 10.7. The van der Waals surface area contributed by atoms with Crippen LogP contribution in [-0.4, -0.2) is 64.7 Å². The highest BCUT2D eigenvalue weighted by Gasteiger charge is 2.42. The summed E-state index contributed by atoms with van der Waals surface area (Å²) >= 11 is 0. The largest absolute Gasteiger partial charge is 0.497 e. The van der Waals surface area contributed by atoms with Crippen LogP contribution in [0.2, 0.25) is 0 Å². The quantitative estimate of drug-likeness (QED) is 0.521. The van der Waals surface area contributed by atoms with Gasteiger partial charge in [0.1, 0.15) is 50.8 Å². The van der Waals surface area contributed by atoms with Gasteiger partial charge in [-0.1, -0.05) is 6.42 Å². The zero-order valence-electron chi connectivity index (χ0n) is 20.6. The van der Waals surface area contributed by atoms with Crippen LogP contribution in [0.15, 0.2) is 42.5 Å². The van der Waals surface area contributed by atoms with Crippen molar-refractivity contribution in [2.45, 2.75) is 37.9 Å². The van der Waals surface area contributed by atoms with Gasteiger partial charge in [0.05, 0.1) is 7.11 Å². The summed E-state index contributed by atoms with van der Waals surface area (Å²) in [7, 11) is 1.66. The molecule has 8 heteroatoms. The normalized spacial score (nSPS) is 22.5. The van der Waals surface area contributed by atoms with Gasteiger partial charge in [0.25, 0.3) is 11.7 Å². The third kappa shape index (κ3) is 6.00. The predicted octanol–water partition coefficient (Wildman–Crippen LogP) is 0.928. The van der Waals surface area contributed by atoms with E-state index in [4.69, 9.17) is 18.9 Å². The van der Waals surface area contributed by atoms with Gasteiger partial charge in [-0.3, -0.25) is 4.79 Å². The molecule has 2 aromatic rings. The first kappa shape index (κ1) is 23.8. The topological polar surface area (TPSA) is 74.9 Å². The fourth-order valence-corrected chi connectivity index (χ4v) is 5.27. The molecule has 0 unspecified atom stereocenters. The van der Waals surface area contributed by atoms with E-state index < -0.39 is 5.79 Å². The number of amides is 1. The van der Waals surface area contributed by atoms with E-state index in [2.05, 4.69) is 5.32 Å². The van der Waals surface area contributed by atoms with E-state index in [1.807, 2.05) is 42.5 Å². The molecule has 2 fully saturated rings. The van der Waals surface area contributed by atoms with Gasteiger partial charge in [-0.25, -0.2) is 0 Å². The first-order valence-electron chi connectivity index (χ1n) is 12.9. The predicted molar refractivity (Wildman–Crippen MR) is 132 cm³/mol. The summed E-state index contributed by atoms with van der Waals surface area (Å²) in [5.74, 6) is 2.77. The number of quaternary nitrogens is 2. The Balaban J connectivity index is 1.02. The van der Waals surface area contributed by atoms with E-state index in [1.54, 1.807) is 7.11 Å². The van der Waals surface area contributed by atoms with Gasteiger partial charge >= 0.3 is 0 Å². The summed E-state index contributed by atoms with van der Waals surface area (Å²) < 4.78 is 23.4. The van der Waals surface area contributed by atoms with Crippen LogP contribution in [0.3, 0.4) is 0 Å². The van der Waals surface area contributed by atoms with E-state index >= 15 is 0 Å². The van der Waals surface area contributed by atoms with Crippen molar-refractivity contribution in [2.75, 3.05) is 58.3 Å². The Morgan fingerprint density at radius 1 is 0.914 bits per heavy atom. The molecule has 0 radical (unpaired) electrons. The highest BCUT2D eigenvalue weighted by molar-refractivity contribution is 5.91. The van der Waals surface area contributed by atoms with Crippen molar-refractivity contribution in [1.82, 2.24) is 0 Å². The van der Waals surface area contributed by atoms with Crippen LogP contribution in [0, 0.1) is 0 Å². The van der Waals surface area contributed by atoms with E-state index in [0.717, 1.165) is 87.1 Å². The smallest absolute Gasteiger partial charge is 0.279 e. The highest BCUT2D eigenvalue weighted by atomic mass is 16.7. The maximum Gasteiger partial charge on any atom is 0.279 e. The Bertz CT molecular complexity index is 998. The molecular weight excluding hydrogens is 446 g/mol. The van der Waals surface area contributed by atoms with Gasteiger partial charge in [0.15, 0.2) is 18.0 Å². The summed E-state index contributed by atoms with van der Waals surface area (Å²) in [5, 5.41) is 3.05. The number of hydrogen-bond donors (Lipinski definition) is 3. The Morgan fingerprint density at radius 3 is 2.34 bits per heavy atom. The lowest BCUT2D eigenvalue weighted by molar-refractivity contribution is -1.01. The molecular formula is C27H37N3O5+2. The minimum Gasteiger partial charge on any atom is -0.497 e. The average molecular weight is 484 g/mol. The number of ether oxygens (including phenoxy) is 4. The van der Waals surface area contributed by atoms with Gasteiger partial charge in [-0.2, -0.15) is 0 Å². The van der Waals surface area contributed by atoms with Gasteiger partial charge in [0.2, 0.25) is 0 Å². The number of anilines is 1. The number of carbonyl (C=O) groups excluding carboxylic acids is 1. The van der Waals surface area contributed by atoms with Gasteiger partial charge < -0.3 is 34.1 Å². The number of carbonyl (C=O) groups is 1. The number of rotatable bonds is 8. The summed E-state index contributed by atoms with van der Waals surface area (Å²) in [6, 6.07) is 13.4. The molecule has 1 saturated heterocycles. The Labute approximate surface area is 207 Å². The van der Waals surface area contributed by atoms with Crippen LogP contribution in [0.5, 0.6) is 23.0 Å². The van der Waals surface area contributed by atoms with Crippen LogP contribution in [0.1, 0.15) is 32.1 Å². The third-order valence-corrected chi connectivity index (χ3v) is 7.29. The van der Waals surface area contributed by atoms with Crippen LogP contribution < -0.4 is 34.1 Å². The Kier molecular flexibility index (Phi) is 7.29. The molecule has 0 bridgehead atoms. The molecule has 0 atom stereocenters. The van der Waals surface area contributed by atoms with Crippen molar-refractivity contribution in [1.29, 1.82) is 0 Å². The molecule has 3 N–H and O–H groups in total. The van der Waals surface area contributed by atoms with E-state index in [9.17, 15) is 4.79 Å². The molecule has 1 aliphatic carbocycles. The van der Waals surface area contributed by atoms with Crippen molar-refractivity contribution in [3.8, 4) is 23.0 Å². The SMILES string of the molecule is COc1ccc(OCC[NH+]2CC[NH+](CC(=O)Nc3ccc4c(c3)OC3(CCCCC3)O4)CC2)cc1. The molecule has 2 aromatic carbocycles. The van der Waals surface area contributed by atoms with Crippen LogP contribution >= 0.6 is 0 Å². The summed E-state index contributed by atoms with van der Waals surface area (Å²) in [6.07, 6.45) is 5.35. The molecule has 1 spiro atoms. The number of piperazine rings is 1. The fourth-order valence-electron chi connectivity index (χ4n) is 5.27. The molecule has 0 aromatic heterocycles. The average Bonchev–Trinajstić information content (AvgIpc) is 3.22. The van der Waals surface area contributed by atoms with Crippen LogP contribution in [-0.2, 0) is 4.79 Å². The zero-order valence-corrected chi connectivity index (χ0v) is 20.6. The summed E-state index contributed by atoms with van der Waals surface area (Å²) in [6.45, 7) is 6.17. The van der Waals surface area contributed by atoms with Crippen molar-refractivity contribution >= 4 is 11.6 Å². The summed E-state index contributed by atoms with van der Waals surface area (Å²) in [5.41, 5.74) is 0.768. The highest BCUT2D eigenvalue weighted by Crippen LogP contribution is 2.46. The third-order valence-electron chi connectivity index (χ3n) is 7.29. The first-order valence-corrected chi connectivity index (χ1v) is 12.9. The molecule has 2 aliphatic heterocycles. The number of benzene rings is 2. The van der Waals surface area contributed by atoms with E-state index in [0.29, 0.717) is 13.2 Å².